The van der Waals surface area contributed by atoms with Crippen molar-refractivity contribution in [2.75, 3.05) is 19.9 Å². The van der Waals surface area contributed by atoms with Crippen LogP contribution in [0.2, 0.25) is 0 Å². The van der Waals surface area contributed by atoms with Crippen LogP contribution in [0.3, 0.4) is 0 Å². The molecule has 118 valence electrons. The fourth-order valence-electron chi connectivity index (χ4n) is 2.55. The third-order valence-electron chi connectivity index (χ3n) is 3.71. The van der Waals surface area contributed by atoms with Crippen LogP contribution in [0.1, 0.15) is 31.1 Å². The van der Waals surface area contributed by atoms with Gasteiger partial charge in [0.15, 0.2) is 6.29 Å². The Labute approximate surface area is 135 Å². The van der Waals surface area contributed by atoms with Crippen LogP contribution in [0.5, 0.6) is 0 Å². The predicted molar refractivity (Wildman–Crippen MR) is 82.9 cm³/mol. The quantitative estimate of drug-likeness (QED) is 0.394. The number of aromatic amines is 1. The molecule has 2 amide bonds. The largest absolute Gasteiger partial charge is 0.468 e. The van der Waals surface area contributed by atoms with Crippen LogP contribution >= 0.6 is 11.8 Å². The first-order valence-electron chi connectivity index (χ1n) is 6.64. The number of aromatic nitrogens is 1. The number of fused-ring (bicyclic) bond motifs is 3. The number of imide groups is 1. The maximum Gasteiger partial charge on any atom is 0.315 e. The molecule has 0 aliphatic carbocycles. The highest BCUT2D eigenvalue weighted by Crippen LogP contribution is 2.37. The van der Waals surface area contributed by atoms with Crippen LogP contribution in [0.15, 0.2) is 17.2 Å². The van der Waals surface area contributed by atoms with Crippen LogP contribution in [0.4, 0.5) is 0 Å². The number of thioether (sulfide) groups is 1. The summed E-state index contributed by atoms with van der Waals surface area (Å²) in [6, 6.07) is 1.55. The lowest BCUT2D eigenvalue weighted by molar-refractivity contribution is -0.137. The van der Waals surface area contributed by atoms with Crippen molar-refractivity contribution in [2.24, 2.45) is 0 Å². The van der Waals surface area contributed by atoms with Gasteiger partial charge in [-0.1, -0.05) is 0 Å². The van der Waals surface area contributed by atoms with E-state index in [-0.39, 0.29) is 16.9 Å². The van der Waals surface area contributed by atoms with Gasteiger partial charge in [0.2, 0.25) is 0 Å². The van der Waals surface area contributed by atoms with Gasteiger partial charge >= 0.3 is 5.97 Å². The summed E-state index contributed by atoms with van der Waals surface area (Å²) >= 11 is 1.15. The summed E-state index contributed by atoms with van der Waals surface area (Å²) < 4.78 is 4.60. The second-order valence-corrected chi connectivity index (χ2v) is 5.96. The Bertz CT molecular complexity index is 870. The molecule has 0 spiro atoms. The number of carbonyl (C=O) groups excluding carboxylic acids is 4. The van der Waals surface area contributed by atoms with Gasteiger partial charge in [0, 0.05) is 29.1 Å². The van der Waals surface area contributed by atoms with Crippen molar-refractivity contribution in [1.82, 2.24) is 9.88 Å². The molecule has 0 radical (unpaired) electrons. The molecule has 0 fully saturated rings. The average Bonchev–Trinajstić information content (AvgIpc) is 3.08. The van der Waals surface area contributed by atoms with Gasteiger partial charge in [0.05, 0.1) is 29.5 Å². The van der Waals surface area contributed by atoms with Crippen molar-refractivity contribution in [3.05, 3.63) is 29.0 Å². The maximum atomic E-state index is 12.3. The van der Waals surface area contributed by atoms with Crippen LogP contribution in [0, 0.1) is 0 Å². The molecule has 1 aliphatic rings. The zero-order valence-corrected chi connectivity index (χ0v) is 13.2. The van der Waals surface area contributed by atoms with E-state index in [9.17, 15) is 19.2 Å². The van der Waals surface area contributed by atoms with Crippen molar-refractivity contribution in [1.29, 1.82) is 0 Å². The number of nitrogens with zero attached hydrogens (tertiary/aromatic N) is 1. The zero-order chi connectivity index (χ0) is 16.7. The van der Waals surface area contributed by atoms with E-state index in [2.05, 4.69) is 9.72 Å². The monoisotopic (exact) mass is 332 g/mol. The molecule has 0 saturated heterocycles. The molecule has 0 bridgehead atoms. The lowest BCUT2D eigenvalue weighted by Crippen LogP contribution is -2.24. The van der Waals surface area contributed by atoms with E-state index in [1.54, 1.807) is 6.07 Å². The van der Waals surface area contributed by atoms with Crippen molar-refractivity contribution >= 4 is 46.7 Å². The summed E-state index contributed by atoms with van der Waals surface area (Å²) in [5.74, 6) is -1.22. The molecule has 2 aromatic rings. The van der Waals surface area contributed by atoms with E-state index < -0.39 is 17.8 Å². The maximum absolute atomic E-state index is 12.3. The number of H-pyrrole nitrogens is 1. The molecule has 1 aromatic carbocycles. The molecule has 0 unspecified atom stereocenters. The molecule has 2 heterocycles. The smallest absolute Gasteiger partial charge is 0.315 e. The highest BCUT2D eigenvalue weighted by Gasteiger charge is 2.36. The Morgan fingerprint density at radius 2 is 2.13 bits per heavy atom. The predicted octanol–water partition coefficient (Wildman–Crippen LogP) is 1.47. The van der Waals surface area contributed by atoms with Gasteiger partial charge in [-0.2, -0.15) is 0 Å². The Kier molecular flexibility index (Phi) is 3.69. The van der Waals surface area contributed by atoms with Gasteiger partial charge in [-0.05, 0) is 6.07 Å². The number of carbonyl (C=O) groups is 4. The number of rotatable bonds is 4. The minimum absolute atomic E-state index is 0.0336. The van der Waals surface area contributed by atoms with Crippen molar-refractivity contribution in [3.8, 4) is 0 Å². The molecule has 1 aromatic heterocycles. The van der Waals surface area contributed by atoms with E-state index in [0.29, 0.717) is 27.6 Å². The number of ether oxygens (including phenoxy) is 1. The van der Waals surface area contributed by atoms with Gasteiger partial charge in [-0.25, -0.2) is 0 Å². The highest BCUT2D eigenvalue weighted by atomic mass is 32.2. The number of aldehydes is 1. The number of esters is 1. The van der Waals surface area contributed by atoms with Crippen molar-refractivity contribution in [3.63, 3.8) is 0 Å². The first-order valence-corrected chi connectivity index (χ1v) is 7.63. The third-order valence-corrected chi connectivity index (χ3v) is 4.72. The average molecular weight is 332 g/mol. The summed E-state index contributed by atoms with van der Waals surface area (Å²) in [7, 11) is 2.69. The molecule has 0 saturated carbocycles. The molecule has 1 N–H and O–H groups in total. The summed E-state index contributed by atoms with van der Waals surface area (Å²) in [4.78, 5) is 51.6. The molecule has 8 heteroatoms. The van der Waals surface area contributed by atoms with Crippen LogP contribution in [0.25, 0.3) is 10.9 Å². The van der Waals surface area contributed by atoms with E-state index in [1.165, 1.54) is 20.4 Å². The Balaban J connectivity index is 2.22. The SMILES string of the molecule is COC(=O)CSc1cc2c(c3[nH]cc(C=O)c13)C(=O)N(C)C2=O. The Morgan fingerprint density at radius 3 is 2.78 bits per heavy atom. The van der Waals surface area contributed by atoms with Gasteiger partial charge < -0.3 is 9.72 Å². The molecule has 23 heavy (non-hydrogen) atoms. The van der Waals surface area contributed by atoms with Gasteiger partial charge in [0.1, 0.15) is 0 Å². The molecule has 3 rings (SSSR count). The molecular formula is C15H12N2O5S. The van der Waals surface area contributed by atoms with Crippen LogP contribution < -0.4 is 0 Å². The van der Waals surface area contributed by atoms with Gasteiger partial charge in [0.25, 0.3) is 11.8 Å². The van der Waals surface area contributed by atoms with E-state index in [0.717, 1.165) is 16.7 Å². The summed E-state index contributed by atoms with van der Waals surface area (Å²) in [6.45, 7) is 0. The summed E-state index contributed by atoms with van der Waals surface area (Å²) in [6.07, 6.45) is 2.15. The van der Waals surface area contributed by atoms with Gasteiger partial charge in [-0.3, -0.25) is 24.1 Å². The minimum atomic E-state index is -0.425. The minimum Gasteiger partial charge on any atom is -0.468 e. The van der Waals surface area contributed by atoms with E-state index in [4.69, 9.17) is 0 Å². The number of hydrogen-bond donors (Lipinski definition) is 1. The fraction of sp³-hybridized carbons (Fsp3) is 0.200. The zero-order valence-electron chi connectivity index (χ0n) is 12.3. The number of hydrogen-bond acceptors (Lipinski definition) is 6. The van der Waals surface area contributed by atoms with E-state index >= 15 is 0 Å². The van der Waals surface area contributed by atoms with E-state index in [1.807, 2.05) is 0 Å². The number of methoxy groups -OCH3 is 1. The first-order chi connectivity index (χ1) is 11.0. The summed E-state index contributed by atoms with van der Waals surface area (Å²) in [5, 5.41) is 0.532. The lowest BCUT2D eigenvalue weighted by Gasteiger charge is -2.06. The van der Waals surface area contributed by atoms with Crippen molar-refractivity contribution in [2.45, 2.75) is 4.90 Å². The lowest BCUT2D eigenvalue weighted by atomic mass is 10.0. The third kappa shape index (κ3) is 2.22. The second-order valence-electron chi connectivity index (χ2n) is 4.94. The standard InChI is InChI=1S/C15H12N2O5S/c1-17-14(20)8-3-9(23-6-10(19)22-2)11-7(5-18)4-16-13(11)12(8)15(17)21/h3-5,16H,6H2,1-2H3. The second kappa shape index (κ2) is 5.54. The molecule has 7 nitrogen and oxygen atoms in total. The van der Waals surface area contributed by atoms with Crippen LogP contribution in [-0.4, -0.2) is 53.9 Å². The van der Waals surface area contributed by atoms with Gasteiger partial charge in [-0.15, -0.1) is 11.8 Å². The number of nitrogens with one attached hydrogen (secondary N) is 1. The number of amides is 2. The van der Waals surface area contributed by atoms with Crippen molar-refractivity contribution < 1.29 is 23.9 Å². The fourth-order valence-corrected chi connectivity index (χ4v) is 3.50. The molecule has 0 atom stereocenters. The summed E-state index contributed by atoms with van der Waals surface area (Å²) in [5.41, 5.74) is 1.31. The highest BCUT2D eigenvalue weighted by molar-refractivity contribution is 8.00. The normalized spacial score (nSPS) is 13.6. The number of benzene rings is 1. The molecule has 1 aliphatic heterocycles. The Morgan fingerprint density at radius 1 is 1.39 bits per heavy atom. The molecular weight excluding hydrogens is 320 g/mol. The van der Waals surface area contributed by atoms with Crippen LogP contribution in [-0.2, 0) is 9.53 Å². The first kappa shape index (κ1) is 15.3. The Hall–Kier alpha value is -2.61. The topological polar surface area (TPSA) is 96.5 Å².